The van der Waals surface area contributed by atoms with Gasteiger partial charge in [-0.3, -0.25) is 9.48 Å². The van der Waals surface area contributed by atoms with Crippen LogP contribution in [0.1, 0.15) is 24.3 Å². The fraction of sp³-hybridized carbons (Fsp3) is 0.278. The lowest BCUT2D eigenvalue weighted by atomic mass is 10.2. The first-order chi connectivity index (χ1) is 13.5. The summed E-state index contributed by atoms with van der Waals surface area (Å²) in [5.41, 5.74) is -0.659. The molecular weight excluding hydrogens is 399 g/mol. The zero-order valence-corrected chi connectivity index (χ0v) is 15.2. The van der Waals surface area contributed by atoms with Gasteiger partial charge in [0.15, 0.2) is 17.3 Å². The molecule has 29 heavy (non-hydrogen) atoms. The molecule has 0 unspecified atom stereocenters. The van der Waals surface area contributed by atoms with Gasteiger partial charge < -0.3 is 10.1 Å². The predicted molar refractivity (Wildman–Crippen MR) is 93.7 cm³/mol. The van der Waals surface area contributed by atoms with Gasteiger partial charge in [0.25, 0.3) is 5.91 Å². The third-order valence-corrected chi connectivity index (χ3v) is 3.68. The van der Waals surface area contributed by atoms with Crippen LogP contribution in [-0.2, 0) is 6.54 Å². The van der Waals surface area contributed by atoms with Crippen LogP contribution in [0.15, 0.2) is 30.5 Å². The SMILES string of the molecule is CC(C)Oc1ccc2c(NC(=O)c3ncc(F)cc3F)nn(CC(F)(F)F)c2c1. The maximum Gasteiger partial charge on any atom is 0.408 e. The third kappa shape index (κ3) is 4.79. The predicted octanol–water partition coefficient (Wildman–Crippen LogP) is 4.31. The number of hydrogen-bond acceptors (Lipinski definition) is 4. The van der Waals surface area contributed by atoms with Crippen molar-refractivity contribution in [3.05, 3.63) is 47.8 Å². The Morgan fingerprint density at radius 2 is 1.97 bits per heavy atom. The maximum absolute atomic E-state index is 13.8. The van der Waals surface area contributed by atoms with Gasteiger partial charge in [0.1, 0.15) is 18.1 Å². The molecule has 11 heteroatoms. The van der Waals surface area contributed by atoms with Gasteiger partial charge in [-0.15, -0.1) is 0 Å². The number of fused-ring (bicyclic) bond motifs is 1. The molecule has 2 aromatic heterocycles. The average Bonchev–Trinajstić information content (AvgIpc) is 2.89. The number of hydrogen-bond donors (Lipinski definition) is 1. The van der Waals surface area contributed by atoms with Crippen LogP contribution < -0.4 is 10.1 Å². The van der Waals surface area contributed by atoms with E-state index >= 15 is 0 Å². The largest absolute Gasteiger partial charge is 0.491 e. The van der Waals surface area contributed by atoms with Gasteiger partial charge in [0, 0.05) is 17.5 Å². The van der Waals surface area contributed by atoms with Crippen molar-refractivity contribution in [2.45, 2.75) is 32.7 Å². The Labute approximate surface area is 161 Å². The van der Waals surface area contributed by atoms with Gasteiger partial charge in [-0.1, -0.05) is 0 Å². The lowest BCUT2D eigenvalue weighted by Gasteiger charge is -2.11. The number of nitrogens with zero attached hydrogens (tertiary/aromatic N) is 3. The van der Waals surface area contributed by atoms with Crippen molar-refractivity contribution >= 4 is 22.6 Å². The van der Waals surface area contributed by atoms with Gasteiger partial charge in [-0.05, 0) is 26.0 Å². The Balaban J connectivity index is 2.01. The summed E-state index contributed by atoms with van der Waals surface area (Å²) in [6, 6.07) is 4.77. The van der Waals surface area contributed by atoms with E-state index in [0.717, 1.165) is 0 Å². The molecular formula is C18H15F5N4O2. The molecule has 0 saturated heterocycles. The zero-order valence-electron chi connectivity index (χ0n) is 15.2. The highest BCUT2D eigenvalue weighted by Crippen LogP contribution is 2.30. The van der Waals surface area contributed by atoms with Gasteiger partial charge >= 0.3 is 6.18 Å². The lowest BCUT2D eigenvalue weighted by Crippen LogP contribution is -2.19. The number of aromatic nitrogens is 3. The van der Waals surface area contributed by atoms with Crippen LogP contribution >= 0.6 is 0 Å². The van der Waals surface area contributed by atoms with Crippen LogP contribution in [-0.4, -0.2) is 33.0 Å². The van der Waals surface area contributed by atoms with Crippen molar-refractivity contribution in [2.75, 3.05) is 5.32 Å². The Hall–Kier alpha value is -3.24. The van der Waals surface area contributed by atoms with E-state index < -0.39 is 36.0 Å². The van der Waals surface area contributed by atoms with Gasteiger partial charge in [-0.25, -0.2) is 13.8 Å². The lowest BCUT2D eigenvalue weighted by molar-refractivity contribution is -0.141. The zero-order chi connectivity index (χ0) is 21.3. The van der Waals surface area contributed by atoms with Crippen molar-refractivity contribution in [1.82, 2.24) is 14.8 Å². The molecule has 1 N–H and O–H groups in total. The number of alkyl halides is 3. The number of benzene rings is 1. The monoisotopic (exact) mass is 414 g/mol. The minimum atomic E-state index is -4.57. The van der Waals surface area contributed by atoms with E-state index in [-0.39, 0.29) is 22.8 Å². The quantitative estimate of drug-likeness (QED) is 0.632. The van der Waals surface area contributed by atoms with E-state index in [4.69, 9.17) is 4.74 Å². The molecule has 3 rings (SSSR count). The standard InChI is InChI=1S/C18H15F5N4O2/c1-9(2)29-11-3-4-12-14(6-11)27(8-18(21,22)23)26-16(12)25-17(28)15-13(20)5-10(19)7-24-15/h3-7,9H,8H2,1-2H3,(H,25,26,28). The van der Waals surface area contributed by atoms with Crippen molar-refractivity contribution in [3.63, 3.8) is 0 Å². The average molecular weight is 414 g/mol. The van der Waals surface area contributed by atoms with E-state index in [1.165, 1.54) is 18.2 Å². The Bertz CT molecular complexity index is 1060. The van der Waals surface area contributed by atoms with Crippen LogP contribution in [0.5, 0.6) is 5.75 Å². The van der Waals surface area contributed by atoms with Crippen LogP contribution in [0.3, 0.4) is 0 Å². The summed E-state index contributed by atoms with van der Waals surface area (Å²) < 4.78 is 71.7. The summed E-state index contributed by atoms with van der Waals surface area (Å²) in [5.74, 6) is -3.18. The highest BCUT2D eigenvalue weighted by atomic mass is 19.4. The maximum atomic E-state index is 13.8. The minimum absolute atomic E-state index is 0.0586. The molecule has 0 aliphatic rings. The van der Waals surface area contributed by atoms with Crippen molar-refractivity contribution in [3.8, 4) is 5.75 Å². The van der Waals surface area contributed by atoms with Crippen molar-refractivity contribution in [2.24, 2.45) is 0 Å². The van der Waals surface area contributed by atoms with Crippen molar-refractivity contribution in [1.29, 1.82) is 0 Å². The molecule has 0 spiro atoms. The summed E-state index contributed by atoms with van der Waals surface area (Å²) in [6.07, 6.45) is -4.13. The normalized spacial score (nSPS) is 11.9. The summed E-state index contributed by atoms with van der Waals surface area (Å²) in [5, 5.41) is 6.20. The summed E-state index contributed by atoms with van der Waals surface area (Å²) >= 11 is 0. The third-order valence-electron chi connectivity index (χ3n) is 3.68. The highest BCUT2D eigenvalue weighted by Gasteiger charge is 2.30. The first kappa shape index (κ1) is 20.5. The summed E-state index contributed by atoms with van der Waals surface area (Å²) in [6.45, 7) is 2.11. The first-order valence-electron chi connectivity index (χ1n) is 8.40. The first-order valence-corrected chi connectivity index (χ1v) is 8.40. The summed E-state index contributed by atoms with van der Waals surface area (Å²) in [7, 11) is 0. The van der Waals surface area contributed by atoms with E-state index in [9.17, 15) is 26.7 Å². The molecule has 0 atom stereocenters. The number of carbonyl (C=O) groups is 1. The van der Waals surface area contributed by atoms with Gasteiger partial charge in [0.05, 0.1) is 17.8 Å². The van der Waals surface area contributed by atoms with Crippen LogP contribution in [0, 0.1) is 11.6 Å². The fourth-order valence-corrected chi connectivity index (χ4v) is 2.63. The van der Waals surface area contributed by atoms with Crippen molar-refractivity contribution < 1.29 is 31.5 Å². The number of amides is 1. The highest BCUT2D eigenvalue weighted by molar-refractivity contribution is 6.07. The molecule has 0 radical (unpaired) electrons. The van der Waals surface area contributed by atoms with Crippen LogP contribution in [0.25, 0.3) is 10.9 Å². The second-order valence-electron chi connectivity index (χ2n) is 6.41. The van der Waals surface area contributed by atoms with E-state index in [1.807, 2.05) is 0 Å². The topological polar surface area (TPSA) is 69.0 Å². The molecule has 0 bridgehead atoms. The Morgan fingerprint density at radius 1 is 1.24 bits per heavy atom. The van der Waals surface area contributed by atoms with E-state index in [2.05, 4.69) is 15.4 Å². The molecule has 0 fully saturated rings. The number of rotatable bonds is 5. The molecule has 0 aliphatic heterocycles. The number of carbonyl (C=O) groups excluding carboxylic acids is 1. The number of nitrogens with one attached hydrogen (secondary N) is 1. The number of anilines is 1. The molecule has 3 aromatic rings. The van der Waals surface area contributed by atoms with Gasteiger partial charge in [-0.2, -0.15) is 18.3 Å². The second-order valence-corrected chi connectivity index (χ2v) is 6.41. The smallest absolute Gasteiger partial charge is 0.408 e. The molecule has 154 valence electrons. The van der Waals surface area contributed by atoms with Crippen LogP contribution in [0.2, 0.25) is 0 Å². The molecule has 2 heterocycles. The minimum Gasteiger partial charge on any atom is -0.491 e. The molecule has 1 amide bonds. The van der Waals surface area contributed by atoms with Crippen LogP contribution in [0.4, 0.5) is 27.8 Å². The Morgan fingerprint density at radius 3 is 2.59 bits per heavy atom. The Kier molecular flexibility index (Phi) is 5.40. The number of halogens is 5. The fourth-order valence-electron chi connectivity index (χ4n) is 2.63. The summed E-state index contributed by atoms with van der Waals surface area (Å²) in [4.78, 5) is 15.6. The van der Waals surface area contributed by atoms with Gasteiger partial charge in [0.2, 0.25) is 0 Å². The second kappa shape index (κ2) is 7.64. The molecule has 0 saturated carbocycles. The number of ether oxygens (including phenoxy) is 1. The van der Waals surface area contributed by atoms with E-state index in [0.29, 0.717) is 22.7 Å². The van der Waals surface area contributed by atoms with E-state index in [1.54, 1.807) is 13.8 Å². The molecule has 0 aliphatic carbocycles. The molecule has 1 aromatic carbocycles. The number of pyridine rings is 1. The molecule has 6 nitrogen and oxygen atoms in total.